The summed E-state index contributed by atoms with van der Waals surface area (Å²) in [5, 5.41) is 10.4. The molecule has 1 fully saturated rings. The minimum absolute atomic E-state index is 0.0585. The van der Waals surface area contributed by atoms with Crippen LogP contribution in [0.1, 0.15) is 40.6 Å². The first-order valence-electron chi connectivity index (χ1n) is 5.37. The molecule has 0 radical (unpaired) electrons. The smallest absolute Gasteiger partial charge is 0.355 e. The SMILES string of the molecule is CC1(C)CCN(C(=O)c2nc(C(=O)O)cs2)C1. The van der Waals surface area contributed by atoms with E-state index in [-0.39, 0.29) is 22.0 Å². The second kappa shape index (κ2) is 4.10. The van der Waals surface area contributed by atoms with Gasteiger partial charge >= 0.3 is 5.97 Å². The van der Waals surface area contributed by atoms with Crippen LogP contribution in [0.4, 0.5) is 0 Å². The summed E-state index contributed by atoms with van der Waals surface area (Å²) in [6.45, 7) is 5.65. The highest BCUT2D eigenvalue weighted by molar-refractivity contribution is 7.11. The number of carboxylic acid groups (broad SMARTS) is 1. The Labute approximate surface area is 103 Å². The largest absolute Gasteiger partial charge is 0.476 e. The Morgan fingerprint density at radius 1 is 1.53 bits per heavy atom. The number of hydrogen-bond donors (Lipinski definition) is 1. The third-order valence-electron chi connectivity index (χ3n) is 2.87. The fourth-order valence-corrected chi connectivity index (χ4v) is 2.65. The summed E-state index contributed by atoms with van der Waals surface area (Å²) < 4.78 is 0. The summed E-state index contributed by atoms with van der Waals surface area (Å²) in [7, 11) is 0. The van der Waals surface area contributed by atoms with E-state index in [0.29, 0.717) is 13.1 Å². The van der Waals surface area contributed by atoms with Gasteiger partial charge in [-0.1, -0.05) is 13.8 Å². The fourth-order valence-electron chi connectivity index (χ4n) is 1.89. The summed E-state index contributed by atoms with van der Waals surface area (Å²) >= 11 is 1.09. The van der Waals surface area contributed by atoms with E-state index >= 15 is 0 Å². The summed E-state index contributed by atoms with van der Waals surface area (Å²) in [6, 6.07) is 0. The zero-order chi connectivity index (χ0) is 12.6. The quantitative estimate of drug-likeness (QED) is 0.872. The molecule has 0 aromatic carbocycles. The normalized spacial score (nSPS) is 18.4. The van der Waals surface area contributed by atoms with Gasteiger partial charge in [-0.15, -0.1) is 11.3 Å². The minimum atomic E-state index is -1.10. The van der Waals surface area contributed by atoms with Crippen LogP contribution >= 0.6 is 11.3 Å². The van der Waals surface area contributed by atoms with Crippen LogP contribution in [-0.4, -0.2) is 40.0 Å². The van der Waals surface area contributed by atoms with Crippen LogP contribution in [0.5, 0.6) is 0 Å². The van der Waals surface area contributed by atoms with Gasteiger partial charge in [0, 0.05) is 18.5 Å². The van der Waals surface area contributed by atoms with Gasteiger partial charge < -0.3 is 10.0 Å². The molecule has 1 aromatic rings. The number of carbonyl (C=O) groups is 2. The molecular weight excluding hydrogens is 240 g/mol. The van der Waals surface area contributed by atoms with Crippen molar-refractivity contribution in [2.24, 2.45) is 5.41 Å². The molecule has 1 saturated heterocycles. The van der Waals surface area contributed by atoms with Crippen molar-refractivity contribution >= 4 is 23.2 Å². The van der Waals surface area contributed by atoms with Crippen LogP contribution in [-0.2, 0) is 0 Å². The molecule has 1 N–H and O–H groups in total. The number of nitrogens with zero attached hydrogens (tertiary/aromatic N) is 2. The van der Waals surface area contributed by atoms with Crippen molar-refractivity contribution in [1.82, 2.24) is 9.88 Å². The van der Waals surface area contributed by atoms with E-state index in [1.54, 1.807) is 4.90 Å². The van der Waals surface area contributed by atoms with Gasteiger partial charge in [-0.3, -0.25) is 4.79 Å². The lowest BCUT2D eigenvalue weighted by molar-refractivity contribution is 0.0691. The molecule has 6 heteroatoms. The number of aromatic carboxylic acids is 1. The molecule has 0 unspecified atom stereocenters. The average molecular weight is 254 g/mol. The molecule has 0 aliphatic carbocycles. The Bertz CT molecular complexity index is 467. The van der Waals surface area contributed by atoms with Crippen LogP contribution in [0.2, 0.25) is 0 Å². The third kappa shape index (κ3) is 2.46. The van der Waals surface area contributed by atoms with Gasteiger partial charge in [0.15, 0.2) is 10.7 Å². The highest BCUT2D eigenvalue weighted by Gasteiger charge is 2.33. The molecule has 0 bridgehead atoms. The van der Waals surface area contributed by atoms with Gasteiger partial charge in [-0.05, 0) is 11.8 Å². The van der Waals surface area contributed by atoms with Crippen LogP contribution in [0.3, 0.4) is 0 Å². The van der Waals surface area contributed by atoms with E-state index in [1.807, 2.05) is 0 Å². The van der Waals surface area contributed by atoms with E-state index in [1.165, 1.54) is 5.38 Å². The number of likely N-dealkylation sites (tertiary alicyclic amines) is 1. The molecule has 1 amide bonds. The van der Waals surface area contributed by atoms with Gasteiger partial charge in [0.25, 0.3) is 5.91 Å². The lowest BCUT2D eigenvalue weighted by Gasteiger charge is -2.18. The Hall–Kier alpha value is -1.43. The van der Waals surface area contributed by atoms with Crippen molar-refractivity contribution in [3.63, 3.8) is 0 Å². The van der Waals surface area contributed by atoms with Gasteiger partial charge in [0.05, 0.1) is 0 Å². The first-order valence-corrected chi connectivity index (χ1v) is 6.25. The van der Waals surface area contributed by atoms with Crippen molar-refractivity contribution in [2.75, 3.05) is 13.1 Å². The fraction of sp³-hybridized carbons (Fsp3) is 0.545. The number of aromatic nitrogens is 1. The van der Waals surface area contributed by atoms with Gasteiger partial charge in [0.2, 0.25) is 0 Å². The number of amides is 1. The van der Waals surface area contributed by atoms with E-state index in [4.69, 9.17) is 5.11 Å². The molecule has 1 aliphatic rings. The Kier molecular flexibility index (Phi) is 2.91. The van der Waals surface area contributed by atoms with Crippen LogP contribution in [0.25, 0.3) is 0 Å². The summed E-state index contributed by atoms with van der Waals surface area (Å²) in [5.41, 5.74) is 0.0829. The van der Waals surface area contributed by atoms with Crippen LogP contribution in [0, 0.1) is 5.41 Å². The maximum absolute atomic E-state index is 12.1. The number of thiazole rings is 1. The van der Waals surface area contributed by atoms with Crippen molar-refractivity contribution in [3.05, 3.63) is 16.1 Å². The van der Waals surface area contributed by atoms with Crippen molar-refractivity contribution in [2.45, 2.75) is 20.3 Å². The predicted molar refractivity (Wildman–Crippen MR) is 63.4 cm³/mol. The summed E-state index contributed by atoms with van der Waals surface area (Å²) in [4.78, 5) is 28.3. The number of rotatable bonds is 2. The second-order valence-electron chi connectivity index (χ2n) is 4.98. The molecule has 5 nitrogen and oxygen atoms in total. The molecular formula is C11H14N2O3S. The molecule has 2 heterocycles. The topological polar surface area (TPSA) is 70.5 Å². The first-order chi connectivity index (χ1) is 7.89. The highest BCUT2D eigenvalue weighted by atomic mass is 32.1. The first kappa shape index (κ1) is 12.0. The molecule has 92 valence electrons. The van der Waals surface area contributed by atoms with Gasteiger partial charge in [-0.25, -0.2) is 9.78 Å². The Balaban J connectivity index is 2.12. The summed E-state index contributed by atoms with van der Waals surface area (Å²) in [5.74, 6) is -1.25. The number of carboxylic acids is 1. The van der Waals surface area contributed by atoms with Gasteiger partial charge in [-0.2, -0.15) is 0 Å². The average Bonchev–Trinajstić information content (AvgIpc) is 2.83. The number of carbonyl (C=O) groups excluding carboxylic acids is 1. The Morgan fingerprint density at radius 2 is 2.24 bits per heavy atom. The van der Waals surface area contributed by atoms with E-state index in [0.717, 1.165) is 17.8 Å². The molecule has 1 aliphatic heterocycles. The second-order valence-corrected chi connectivity index (χ2v) is 5.84. The molecule has 1 aromatic heterocycles. The van der Waals surface area contributed by atoms with E-state index in [9.17, 15) is 9.59 Å². The Morgan fingerprint density at radius 3 is 2.71 bits per heavy atom. The summed E-state index contributed by atoms with van der Waals surface area (Å²) in [6.07, 6.45) is 0.968. The maximum atomic E-state index is 12.1. The van der Waals surface area contributed by atoms with Crippen molar-refractivity contribution < 1.29 is 14.7 Å². The molecule has 0 saturated carbocycles. The molecule has 0 spiro atoms. The zero-order valence-corrected chi connectivity index (χ0v) is 10.6. The van der Waals surface area contributed by atoms with Crippen molar-refractivity contribution in [1.29, 1.82) is 0 Å². The molecule has 17 heavy (non-hydrogen) atoms. The molecule has 0 atom stereocenters. The standard InChI is InChI=1S/C11H14N2O3S/c1-11(2)3-4-13(6-11)9(14)8-12-7(5-17-8)10(15)16/h5H,3-4,6H2,1-2H3,(H,15,16). The van der Waals surface area contributed by atoms with Crippen LogP contribution in [0.15, 0.2) is 5.38 Å². The zero-order valence-electron chi connectivity index (χ0n) is 9.77. The monoisotopic (exact) mass is 254 g/mol. The molecule has 2 rings (SSSR count). The maximum Gasteiger partial charge on any atom is 0.355 e. The number of hydrogen-bond acceptors (Lipinski definition) is 4. The lowest BCUT2D eigenvalue weighted by Crippen LogP contribution is -2.30. The van der Waals surface area contributed by atoms with E-state index in [2.05, 4.69) is 18.8 Å². The third-order valence-corrected chi connectivity index (χ3v) is 3.70. The lowest BCUT2D eigenvalue weighted by atomic mass is 9.93. The highest BCUT2D eigenvalue weighted by Crippen LogP contribution is 2.30. The van der Waals surface area contributed by atoms with Gasteiger partial charge in [0.1, 0.15) is 0 Å². The van der Waals surface area contributed by atoms with Crippen molar-refractivity contribution in [3.8, 4) is 0 Å². The van der Waals surface area contributed by atoms with Crippen LogP contribution < -0.4 is 0 Å². The minimum Gasteiger partial charge on any atom is -0.476 e. The predicted octanol–water partition coefficient (Wildman–Crippen LogP) is 1.71. The van der Waals surface area contributed by atoms with E-state index < -0.39 is 5.97 Å².